The summed E-state index contributed by atoms with van der Waals surface area (Å²) in [6.45, 7) is 1.92. The van der Waals surface area contributed by atoms with Gasteiger partial charge >= 0.3 is 0 Å². The fraction of sp³-hybridized carbons (Fsp3) is 0. The first-order valence-corrected chi connectivity index (χ1v) is 21.1. The summed E-state index contributed by atoms with van der Waals surface area (Å²) < 4.78 is 0. The highest BCUT2D eigenvalue weighted by Crippen LogP contribution is 2.87. The molecule has 2 unspecified atom stereocenters. The third-order valence-electron chi connectivity index (χ3n) is 1.41. The van der Waals surface area contributed by atoms with Crippen LogP contribution in [0, 0.1) is 0 Å². The third kappa shape index (κ3) is 0.528. The van der Waals surface area contributed by atoms with E-state index in [2.05, 4.69) is 0 Å². The summed E-state index contributed by atoms with van der Waals surface area (Å²) in [5, 5.41) is 0. The summed E-state index contributed by atoms with van der Waals surface area (Å²) >= 11 is 0. The first kappa shape index (κ1) is 5.77. The van der Waals surface area contributed by atoms with Gasteiger partial charge in [0.25, 0.3) is 0 Å². The van der Waals surface area contributed by atoms with Crippen molar-refractivity contribution in [3.05, 3.63) is 0 Å². The second-order valence-corrected chi connectivity index (χ2v) is 48.4. The molecule has 3 aliphatic heterocycles. The van der Waals surface area contributed by atoms with Crippen molar-refractivity contribution in [2.24, 2.45) is 0 Å². The van der Waals surface area contributed by atoms with E-state index in [0.29, 0.717) is 15.0 Å². The van der Waals surface area contributed by atoms with Crippen LogP contribution in [0.5, 0.6) is 0 Å². The lowest BCUT2D eigenvalue weighted by Gasteiger charge is -2.64. The molecule has 0 aromatic carbocycles. The van der Waals surface area contributed by atoms with Crippen LogP contribution in [0.3, 0.4) is 0 Å². The molecule has 8 heteroatoms. The monoisotopic (exact) mass is 230 g/mol. The molecule has 3 rings (SSSR count). The summed E-state index contributed by atoms with van der Waals surface area (Å²) in [7, 11) is 7.64. The molecule has 0 amide bonds. The van der Waals surface area contributed by atoms with Crippen LogP contribution in [0.2, 0.25) is 0 Å². The number of hydrogen-bond acceptors (Lipinski definition) is 0. The molecule has 0 saturated carbocycles. The van der Waals surface area contributed by atoms with Crippen LogP contribution in [0.15, 0.2) is 0 Å². The molecule has 2 atom stereocenters. The van der Waals surface area contributed by atoms with E-state index < -0.39 is 0 Å². The predicted molar refractivity (Wildman–Crippen MR) is 48.4 cm³/mol. The smallest absolute Gasteiger partial charge is 0.0640 e. The zero-order valence-electron chi connectivity index (χ0n) is 3.89. The van der Waals surface area contributed by atoms with Gasteiger partial charge in [0.15, 0.2) is 0 Å². The molecule has 0 spiro atoms. The summed E-state index contributed by atoms with van der Waals surface area (Å²) in [5.74, 6) is 0. The minimum atomic E-state index is 0.625. The van der Waals surface area contributed by atoms with Crippen LogP contribution < -0.4 is 0 Å². The van der Waals surface area contributed by atoms with Gasteiger partial charge < -0.3 is 0 Å². The lowest BCUT2D eigenvalue weighted by molar-refractivity contribution is 3.43. The Bertz CT molecular complexity index is 94.5. The van der Waals surface area contributed by atoms with Crippen molar-refractivity contribution in [3.8, 4) is 0 Å². The predicted octanol–water partition coefficient (Wildman–Crippen LogP) is -0.562. The SMILES string of the molecule is [Si]1[Si][Si]2[Si]1P1[Si][Si]P21. The summed E-state index contributed by atoms with van der Waals surface area (Å²) in [4.78, 5) is 0. The van der Waals surface area contributed by atoms with Crippen LogP contribution in [0.4, 0.5) is 0 Å². The van der Waals surface area contributed by atoms with Crippen LogP contribution >= 0.6 is 13.4 Å². The average Bonchev–Trinajstić information content (AvgIpc) is 1.70. The Labute approximate surface area is 62.9 Å². The molecule has 8 heavy (non-hydrogen) atoms. The molecule has 0 nitrogen and oxygen atoms in total. The average molecular weight is 230 g/mol. The Morgan fingerprint density at radius 3 is 1.50 bits per heavy atom. The second-order valence-electron chi connectivity index (χ2n) is 1.79. The van der Waals surface area contributed by atoms with E-state index in [4.69, 9.17) is 0 Å². The van der Waals surface area contributed by atoms with Gasteiger partial charge in [0.05, 0.1) is 32.4 Å². The number of hydrogen-bond donors (Lipinski definition) is 0. The summed E-state index contributed by atoms with van der Waals surface area (Å²) in [6, 6.07) is 0. The van der Waals surface area contributed by atoms with Crippen LogP contribution in [0.1, 0.15) is 0 Å². The molecule has 3 fully saturated rings. The van der Waals surface area contributed by atoms with E-state index in [1.54, 1.807) is 34.5 Å². The Hall–Kier alpha value is 2.16. The molecule has 0 N–H and O–H groups in total. The number of rotatable bonds is 0. The molecule has 0 aliphatic carbocycles. The van der Waals surface area contributed by atoms with E-state index in [-0.39, 0.29) is 0 Å². The van der Waals surface area contributed by atoms with Gasteiger partial charge in [-0.1, -0.05) is 0 Å². The normalized spacial score (nSPS) is 52.5. The van der Waals surface area contributed by atoms with Gasteiger partial charge in [-0.15, -0.1) is 13.4 Å². The minimum Gasteiger partial charge on any atom is -0.129 e. The van der Waals surface area contributed by atoms with Crippen LogP contribution in [-0.4, -0.2) is 49.5 Å². The maximum atomic E-state index is 1.61. The standard InChI is InChI=1S/P2Si6/c3-1-2(4-3)8-6-5-7(1)8. The fourth-order valence-corrected chi connectivity index (χ4v) is 192. The van der Waals surface area contributed by atoms with Crippen LogP contribution in [0.25, 0.3) is 0 Å². The first-order chi connectivity index (χ1) is 3.97. The Kier molecular flexibility index (Phi) is 1.33. The Morgan fingerprint density at radius 1 is 0.875 bits per heavy atom. The van der Waals surface area contributed by atoms with Gasteiger partial charge in [0.2, 0.25) is 0 Å². The van der Waals surface area contributed by atoms with Gasteiger partial charge in [0.1, 0.15) is 0 Å². The second kappa shape index (κ2) is 1.85. The van der Waals surface area contributed by atoms with Crippen molar-refractivity contribution >= 4 is 62.9 Å². The van der Waals surface area contributed by atoms with Gasteiger partial charge in [-0.2, -0.15) is 0 Å². The highest BCUT2D eigenvalue weighted by atomic mass is 32.6. The van der Waals surface area contributed by atoms with Gasteiger partial charge in [-0.05, 0) is 0 Å². The van der Waals surface area contributed by atoms with Gasteiger partial charge in [-0.25, -0.2) is 0 Å². The highest BCUT2D eigenvalue weighted by Gasteiger charge is 2.61. The van der Waals surface area contributed by atoms with Crippen molar-refractivity contribution in [1.29, 1.82) is 0 Å². The zero-order valence-corrected chi connectivity index (χ0v) is 11.7. The fourth-order valence-electron chi connectivity index (χ4n) is 0.898. The highest BCUT2D eigenvalue weighted by molar-refractivity contribution is 8.95. The van der Waals surface area contributed by atoms with E-state index >= 15 is 0 Å². The molecular weight excluding hydrogens is 230 g/mol. The zero-order chi connectivity index (χ0) is 5.14. The van der Waals surface area contributed by atoms with E-state index in [0.717, 1.165) is 13.4 Å². The maximum Gasteiger partial charge on any atom is 0.0640 e. The largest absolute Gasteiger partial charge is 0.129 e. The maximum absolute atomic E-state index is 1.61. The molecule has 0 aromatic heterocycles. The lowest BCUT2D eigenvalue weighted by atomic mass is 25.9. The Balaban J connectivity index is 1.87. The van der Waals surface area contributed by atoms with Gasteiger partial charge in [0, 0.05) is 17.1 Å². The van der Waals surface area contributed by atoms with E-state index in [1.165, 1.54) is 0 Å². The molecule has 34 valence electrons. The van der Waals surface area contributed by atoms with Crippen molar-refractivity contribution < 1.29 is 0 Å². The molecule has 0 bridgehead atoms. The van der Waals surface area contributed by atoms with Crippen molar-refractivity contribution in [3.63, 3.8) is 0 Å². The lowest BCUT2D eigenvalue weighted by Crippen LogP contribution is -2.70. The summed E-state index contributed by atoms with van der Waals surface area (Å²) in [6.07, 6.45) is 0. The molecule has 3 heterocycles. The molecule has 10 radical (unpaired) electrons. The molecule has 3 saturated heterocycles. The molecular formula is P2Si6. The van der Waals surface area contributed by atoms with E-state index in [1.807, 2.05) is 0 Å². The Morgan fingerprint density at radius 2 is 1.38 bits per heavy atom. The summed E-state index contributed by atoms with van der Waals surface area (Å²) in [5.41, 5.74) is 0. The molecule has 3 aliphatic rings. The quantitative estimate of drug-likeness (QED) is 0.387. The third-order valence-corrected chi connectivity index (χ3v) is 114. The number of fused-ring (bicyclic) bond motifs is 4. The topological polar surface area (TPSA) is 0 Å². The van der Waals surface area contributed by atoms with Crippen molar-refractivity contribution in [2.75, 3.05) is 0 Å². The minimum absolute atomic E-state index is 0.625. The molecule has 0 aromatic rings. The van der Waals surface area contributed by atoms with Gasteiger partial charge in [-0.3, -0.25) is 0 Å². The van der Waals surface area contributed by atoms with E-state index in [9.17, 15) is 0 Å². The first-order valence-electron chi connectivity index (χ1n) is 2.34. The van der Waals surface area contributed by atoms with Crippen LogP contribution in [-0.2, 0) is 0 Å². The van der Waals surface area contributed by atoms with Crippen molar-refractivity contribution in [1.82, 2.24) is 0 Å². The van der Waals surface area contributed by atoms with Crippen molar-refractivity contribution in [2.45, 2.75) is 0 Å².